The maximum atomic E-state index is 14.0. The fourth-order valence-corrected chi connectivity index (χ4v) is 2.19. The van der Waals surface area contributed by atoms with Crippen molar-refractivity contribution in [1.82, 2.24) is 5.32 Å². The van der Waals surface area contributed by atoms with Crippen molar-refractivity contribution in [3.05, 3.63) is 57.7 Å². The van der Waals surface area contributed by atoms with E-state index >= 15 is 0 Å². The lowest BCUT2D eigenvalue weighted by Crippen LogP contribution is -2.21. The second-order valence-corrected chi connectivity index (χ2v) is 5.31. The highest BCUT2D eigenvalue weighted by molar-refractivity contribution is 5.44. The highest BCUT2D eigenvalue weighted by Crippen LogP contribution is 2.27. The molecule has 0 aliphatic carbocycles. The summed E-state index contributed by atoms with van der Waals surface area (Å²) in [7, 11) is 0. The first-order valence-electron chi connectivity index (χ1n) is 7.16. The van der Waals surface area contributed by atoms with Crippen molar-refractivity contribution < 1.29 is 27.4 Å². The average Bonchev–Trinajstić information content (AvgIpc) is 2.59. The van der Waals surface area contributed by atoms with E-state index in [4.69, 9.17) is 15.1 Å². The van der Waals surface area contributed by atoms with Gasteiger partial charge in [-0.1, -0.05) is 0 Å². The van der Waals surface area contributed by atoms with Gasteiger partial charge >= 0.3 is 0 Å². The molecule has 0 fully saturated rings. The van der Waals surface area contributed by atoms with Gasteiger partial charge in [0.15, 0.2) is 34.8 Å². The van der Waals surface area contributed by atoms with E-state index in [0.717, 1.165) is 12.1 Å². The average molecular weight is 354 g/mol. The molecule has 2 rings (SSSR count). The Labute approximate surface area is 141 Å². The van der Waals surface area contributed by atoms with Crippen molar-refractivity contribution in [3.63, 3.8) is 0 Å². The molecule has 0 radical (unpaired) electrons. The lowest BCUT2D eigenvalue weighted by molar-refractivity contribution is 0.255. The van der Waals surface area contributed by atoms with E-state index in [2.05, 4.69) is 5.32 Å². The van der Waals surface area contributed by atoms with Crippen LogP contribution in [0.25, 0.3) is 0 Å². The van der Waals surface area contributed by atoms with Crippen LogP contribution < -0.4 is 10.1 Å². The molecule has 0 bridgehead atoms. The van der Waals surface area contributed by atoms with E-state index < -0.39 is 34.8 Å². The number of rotatable bonds is 5. The Kier molecular flexibility index (Phi) is 5.49. The maximum absolute atomic E-state index is 14.0. The predicted molar refractivity (Wildman–Crippen MR) is 80.9 cm³/mol. The summed E-state index contributed by atoms with van der Waals surface area (Å²) in [6.45, 7) is 2.27. The Morgan fingerprint density at radius 3 is 2.40 bits per heavy atom. The number of benzene rings is 2. The molecule has 8 heteroatoms. The number of nitriles is 1. The number of nitrogens with one attached hydrogen (secondary N) is 1. The topological polar surface area (TPSA) is 65.3 Å². The molecule has 2 N–H and O–H groups in total. The molecule has 0 atom stereocenters. The van der Waals surface area contributed by atoms with Gasteiger partial charge in [-0.05, 0) is 37.1 Å². The normalized spacial score (nSPS) is 10.6. The highest BCUT2D eigenvalue weighted by Gasteiger charge is 2.18. The van der Waals surface area contributed by atoms with Gasteiger partial charge in [-0.15, -0.1) is 0 Å². The highest BCUT2D eigenvalue weighted by atomic mass is 19.1. The molecule has 0 saturated carbocycles. The molecule has 2 aromatic rings. The molecule has 0 aromatic heterocycles. The third kappa shape index (κ3) is 3.67. The molecule has 0 unspecified atom stereocenters. The van der Waals surface area contributed by atoms with Gasteiger partial charge in [-0.25, -0.2) is 17.6 Å². The monoisotopic (exact) mass is 354 g/mol. The smallest absolute Gasteiger partial charge is 0.192 e. The van der Waals surface area contributed by atoms with Crippen molar-refractivity contribution in [2.45, 2.75) is 20.4 Å². The van der Waals surface area contributed by atoms with Crippen molar-refractivity contribution >= 4 is 0 Å². The van der Waals surface area contributed by atoms with E-state index in [1.807, 2.05) is 0 Å². The largest absolute Gasteiger partial charge is 0.503 e. The SMILES string of the molecule is Cc1c(CNCOc2c(F)cc(C#N)c(C)c2F)cc(F)c(O)c1F. The quantitative estimate of drug-likeness (QED) is 0.490. The van der Waals surface area contributed by atoms with Crippen LogP contribution in [0.2, 0.25) is 0 Å². The van der Waals surface area contributed by atoms with Crippen LogP contribution in [0.4, 0.5) is 17.6 Å². The summed E-state index contributed by atoms with van der Waals surface area (Å²) in [6.07, 6.45) is 0. The number of hydrogen-bond donors (Lipinski definition) is 2. The van der Waals surface area contributed by atoms with Crippen molar-refractivity contribution in [2.24, 2.45) is 0 Å². The number of phenols is 1. The fraction of sp³-hybridized carbons (Fsp3) is 0.235. The van der Waals surface area contributed by atoms with Crippen LogP contribution in [-0.4, -0.2) is 11.8 Å². The van der Waals surface area contributed by atoms with Crippen LogP contribution in [-0.2, 0) is 6.54 Å². The lowest BCUT2D eigenvalue weighted by Gasteiger charge is -2.13. The van der Waals surface area contributed by atoms with Crippen LogP contribution in [0.3, 0.4) is 0 Å². The van der Waals surface area contributed by atoms with Gasteiger partial charge in [0.05, 0.1) is 11.6 Å². The number of nitrogens with zero attached hydrogens (tertiary/aromatic N) is 1. The zero-order valence-corrected chi connectivity index (χ0v) is 13.4. The molecule has 2 aromatic carbocycles. The number of phenolic OH excluding ortho intramolecular Hbond substituents is 1. The molecule has 0 amide bonds. The summed E-state index contributed by atoms with van der Waals surface area (Å²) in [6, 6.07) is 3.49. The minimum absolute atomic E-state index is 0.0398. The molecular weight excluding hydrogens is 340 g/mol. The van der Waals surface area contributed by atoms with Gasteiger partial charge in [0, 0.05) is 12.1 Å². The molecule has 0 aliphatic heterocycles. The van der Waals surface area contributed by atoms with Crippen LogP contribution in [0, 0.1) is 48.4 Å². The van der Waals surface area contributed by atoms with E-state index in [0.29, 0.717) is 0 Å². The van der Waals surface area contributed by atoms with E-state index in [1.54, 1.807) is 6.07 Å². The van der Waals surface area contributed by atoms with Gasteiger partial charge in [-0.3, -0.25) is 5.32 Å². The number of aromatic hydroxyl groups is 1. The van der Waals surface area contributed by atoms with Gasteiger partial charge in [0.2, 0.25) is 0 Å². The Balaban J connectivity index is 2.06. The lowest BCUT2D eigenvalue weighted by atomic mass is 10.1. The van der Waals surface area contributed by atoms with Gasteiger partial charge in [0.25, 0.3) is 0 Å². The zero-order chi connectivity index (χ0) is 18.7. The van der Waals surface area contributed by atoms with Crippen LogP contribution >= 0.6 is 0 Å². The summed E-state index contributed by atoms with van der Waals surface area (Å²) >= 11 is 0. The minimum Gasteiger partial charge on any atom is -0.503 e. The fourth-order valence-electron chi connectivity index (χ4n) is 2.19. The Morgan fingerprint density at radius 2 is 1.76 bits per heavy atom. The van der Waals surface area contributed by atoms with E-state index in [9.17, 15) is 17.6 Å². The third-order valence-electron chi connectivity index (χ3n) is 3.72. The molecule has 132 valence electrons. The second kappa shape index (κ2) is 7.40. The molecule has 0 aliphatic rings. The number of halogens is 4. The molecular formula is C17H14F4N2O2. The van der Waals surface area contributed by atoms with Crippen LogP contribution in [0.5, 0.6) is 11.5 Å². The zero-order valence-electron chi connectivity index (χ0n) is 13.4. The first-order chi connectivity index (χ1) is 11.8. The Bertz CT molecular complexity index is 863. The standard InChI is InChI=1S/C17H14F4N2O2/c1-8-10(5-22)3-13(19)17(15(8)21)25-7-23-6-11-4-12(18)16(24)14(20)9(11)2/h3-4,23-24H,6-7H2,1-2H3. The summed E-state index contributed by atoms with van der Waals surface area (Å²) in [5, 5.41) is 20.6. The number of hydrogen-bond acceptors (Lipinski definition) is 4. The first-order valence-corrected chi connectivity index (χ1v) is 7.16. The van der Waals surface area contributed by atoms with Crippen molar-refractivity contribution in [1.29, 1.82) is 5.26 Å². The van der Waals surface area contributed by atoms with E-state index in [1.165, 1.54) is 13.8 Å². The molecule has 0 spiro atoms. The van der Waals surface area contributed by atoms with Gasteiger partial charge < -0.3 is 9.84 Å². The summed E-state index contributed by atoms with van der Waals surface area (Å²) < 4.78 is 59.7. The van der Waals surface area contributed by atoms with Crippen LogP contribution in [0.1, 0.15) is 22.3 Å². The molecule has 4 nitrogen and oxygen atoms in total. The molecule has 0 saturated heterocycles. The Morgan fingerprint density at radius 1 is 1.08 bits per heavy atom. The van der Waals surface area contributed by atoms with Crippen molar-refractivity contribution in [2.75, 3.05) is 6.73 Å². The van der Waals surface area contributed by atoms with Crippen LogP contribution in [0.15, 0.2) is 12.1 Å². The summed E-state index contributed by atoms with van der Waals surface area (Å²) in [5.41, 5.74) is 0.0738. The Hall–Kier alpha value is -2.79. The van der Waals surface area contributed by atoms with E-state index in [-0.39, 0.29) is 35.5 Å². The first kappa shape index (κ1) is 18.5. The summed E-state index contributed by atoms with van der Waals surface area (Å²) in [4.78, 5) is 0. The van der Waals surface area contributed by atoms with Gasteiger partial charge in [-0.2, -0.15) is 5.26 Å². The maximum Gasteiger partial charge on any atom is 0.192 e. The molecule has 0 heterocycles. The predicted octanol–water partition coefficient (Wildman–Crippen LogP) is 3.56. The third-order valence-corrected chi connectivity index (χ3v) is 3.72. The van der Waals surface area contributed by atoms with Gasteiger partial charge in [0.1, 0.15) is 6.73 Å². The minimum atomic E-state index is -1.11. The number of ether oxygens (including phenoxy) is 1. The molecule has 25 heavy (non-hydrogen) atoms. The summed E-state index contributed by atoms with van der Waals surface area (Å²) in [5.74, 6) is -5.91. The van der Waals surface area contributed by atoms with Crippen molar-refractivity contribution in [3.8, 4) is 17.6 Å². The second-order valence-electron chi connectivity index (χ2n) is 5.31.